The summed E-state index contributed by atoms with van der Waals surface area (Å²) in [5.41, 5.74) is 4.37. The van der Waals surface area contributed by atoms with Gasteiger partial charge in [-0.05, 0) is 61.4 Å². The van der Waals surface area contributed by atoms with Crippen LogP contribution in [0.4, 0.5) is 5.82 Å². The molecule has 30 heavy (non-hydrogen) atoms. The Morgan fingerprint density at radius 2 is 2.10 bits per heavy atom. The van der Waals surface area contributed by atoms with Crippen LogP contribution in [0.3, 0.4) is 0 Å². The van der Waals surface area contributed by atoms with Crippen molar-refractivity contribution in [1.82, 2.24) is 19.7 Å². The Morgan fingerprint density at radius 1 is 1.20 bits per heavy atom. The molecule has 0 spiro atoms. The fourth-order valence-corrected chi connectivity index (χ4v) is 3.94. The van der Waals surface area contributed by atoms with Crippen LogP contribution in [0.2, 0.25) is 0 Å². The van der Waals surface area contributed by atoms with Gasteiger partial charge in [0.25, 0.3) is 0 Å². The number of aryl methyl sites for hydroxylation is 3. The Bertz CT molecular complexity index is 986. The number of carbonyl (C=O) groups is 1. The minimum Gasteiger partial charge on any atom is -0.481 e. The van der Waals surface area contributed by atoms with Gasteiger partial charge >= 0.3 is 5.97 Å². The van der Waals surface area contributed by atoms with Crippen LogP contribution < -0.4 is 5.32 Å². The number of carboxylic acid groups (broad SMARTS) is 1. The van der Waals surface area contributed by atoms with E-state index in [9.17, 15) is 9.90 Å². The zero-order valence-electron chi connectivity index (χ0n) is 17.0. The lowest BCUT2D eigenvalue weighted by atomic mass is 9.97. The van der Waals surface area contributed by atoms with Crippen LogP contribution in [0, 0.1) is 0 Å². The first-order valence-corrected chi connectivity index (χ1v) is 10.5. The number of nitrogens with zero attached hydrogens (tertiary/aromatic N) is 4. The van der Waals surface area contributed by atoms with E-state index in [2.05, 4.69) is 27.5 Å². The Kier molecular flexibility index (Phi) is 6.37. The van der Waals surface area contributed by atoms with Crippen LogP contribution in [-0.4, -0.2) is 37.4 Å². The maximum absolute atomic E-state index is 11.3. The Labute approximate surface area is 176 Å². The number of nitrogens with one attached hydrogen (secondary N) is 1. The average Bonchev–Trinajstić information content (AvgIpc) is 3.21. The molecule has 4 rings (SSSR count). The van der Waals surface area contributed by atoms with Gasteiger partial charge in [-0.3, -0.25) is 14.5 Å². The highest BCUT2D eigenvalue weighted by atomic mass is 16.4. The number of fused-ring (bicyclic) bond motifs is 1. The van der Waals surface area contributed by atoms with Crippen molar-refractivity contribution in [2.45, 2.75) is 51.0 Å². The fraction of sp³-hybridized carbons (Fsp3) is 0.391. The van der Waals surface area contributed by atoms with Crippen molar-refractivity contribution in [2.24, 2.45) is 0 Å². The highest BCUT2D eigenvalue weighted by Gasteiger charge is 2.17. The molecule has 1 atom stereocenters. The summed E-state index contributed by atoms with van der Waals surface area (Å²) in [6.07, 6.45) is 10.5. The van der Waals surface area contributed by atoms with Crippen LogP contribution in [-0.2, 0) is 30.6 Å². The van der Waals surface area contributed by atoms with Gasteiger partial charge in [0.05, 0.1) is 12.1 Å². The largest absolute Gasteiger partial charge is 0.481 e. The van der Waals surface area contributed by atoms with Crippen LogP contribution >= 0.6 is 0 Å². The van der Waals surface area contributed by atoms with Gasteiger partial charge in [-0.1, -0.05) is 12.1 Å². The second-order valence-electron chi connectivity index (χ2n) is 7.80. The van der Waals surface area contributed by atoms with E-state index < -0.39 is 5.97 Å². The topological polar surface area (TPSA) is 92.9 Å². The molecule has 1 unspecified atom stereocenters. The zero-order valence-corrected chi connectivity index (χ0v) is 17.0. The summed E-state index contributed by atoms with van der Waals surface area (Å²) >= 11 is 0. The Hall–Kier alpha value is -3.22. The fourth-order valence-electron chi connectivity index (χ4n) is 3.94. The third kappa shape index (κ3) is 5.23. The van der Waals surface area contributed by atoms with Gasteiger partial charge in [0.1, 0.15) is 5.82 Å². The third-order valence-corrected chi connectivity index (χ3v) is 5.50. The molecule has 0 amide bonds. The summed E-state index contributed by atoms with van der Waals surface area (Å²) in [7, 11) is 0. The number of rotatable bonds is 9. The molecular formula is C23H27N5O2. The summed E-state index contributed by atoms with van der Waals surface area (Å²) in [5, 5.41) is 17.3. The van der Waals surface area contributed by atoms with Crippen molar-refractivity contribution in [2.75, 3.05) is 11.9 Å². The van der Waals surface area contributed by atoms with Gasteiger partial charge in [0, 0.05) is 43.3 Å². The van der Waals surface area contributed by atoms with Crippen LogP contribution in [0.25, 0.3) is 0 Å². The average molecular weight is 406 g/mol. The molecule has 0 bridgehead atoms. The molecule has 156 valence electrons. The highest BCUT2D eigenvalue weighted by molar-refractivity contribution is 5.68. The predicted molar refractivity (Wildman–Crippen MR) is 115 cm³/mol. The molecule has 0 saturated heterocycles. The van der Waals surface area contributed by atoms with Crippen molar-refractivity contribution >= 4 is 11.8 Å². The van der Waals surface area contributed by atoms with Crippen molar-refractivity contribution in [3.05, 3.63) is 71.4 Å². The first kappa shape index (κ1) is 20.1. The number of anilines is 1. The normalized spacial score (nSPS) is 14.0. The standard InChI is InChI=1S/C23H27N5O2/c29-22(30)14-19(18-5-2-11-24-15-18)16-28-13-10-21(27-28)7-1-6-20-9-8-17-4-3-12-25-23(17)26-20/h2,5,8-11,13,15,19H,1,3-4,6-7,12,14,16H2,(H,25,26)(H,29,30). The van der Waals surface area contributed by atoms with E-state index in [-0.39, 0.29) is 12.3 Å². The van der Waals surface area contributed by atoms with E-state index in [0.29, 0.717) is 6.54 Å². The van der Waals surface area contributed by atoms with Crippen LogP contribution in [0.1, 0.15) is 47.7 Å². The number of hydrogen-bond donors (Lipinski definition) is 2. The minimum atomic E-state index is -0.816. The van der Waals surface area contributed by atoms with E-state index in [1.165, 1.54) is 12.0 Å². The third-order valence-electron chi connectivity index (χ3n) is 5.50. The first-order valence-electron chi connectivity index (χ1n) is 10.5. The summed E-state index contributed by atoms with van der Waals surface area (Å²) in [5.74, 6) is 0.0716. The van der Waals surface area contributed by atoms with Crippen molar-refractivity contribution in [1.29, 1.82) is 0 Å². The Balaban J connectivity index is 1.33. The lowest BCUT2D eigenvalue weighted by Crippen LogP contribution is -2.14. The Morgan fingerprint density at radius 3 is 2.93 bits per heavy atom. The molecular weight excluding hydrogens is 378 g/mol. The number of hydrogen-bond acceptors (Lipinski definition) is 5. The molecule has 4 heterocycles. The maximum atomic E-state index is 11.3. The number of aliphatic carboxylic acids is 1. The van der Waals surface area contributed by atoms with E-state index in [0.717, 1.165) is 55.0 Å². The van der Waals surface area contributed by atoms with Crippen molar-refractivity contribution in [3.63, 3.8) is 0 Å². The quantitative estimate of drug-likeness (QED) is 0.566. The zero-order chi connectivity index (χ0) is 20.8. The minimum absolute atomic E-state index is 0.0545. The second kappa shape index (κ2) is 9.52. The van der Waals surface area contributed by atoms with Gasteiger partial charge in [-0.25, -0.2) is 4.98 Å². The lowest BCUT2D eigenvalue weighted by molar-refractivity contribution is -0.137. The SMILES string of the molecule is O=C(O)CC(Cn1ccc(CCCc2ccc3c(n2)NCCC3)n1)c1cccnc1. The van der Waals surface area contributed by atoms with Crippen LogP contribution in [0.5, 0.6) is 0 Å². The van der Waals surface area contributed by atoms with E-state index in [4.69, 9.17) is 4.98 Å². The van der Waals surface area contributed by atoms with Gasteiger partial charge < -0.3 is 10.4 Å². The second-order valence-corrected chi connectivity index (χ2v) is 7.80. The van der Waals surface area contributed by atoms with Gasteiger partial charge in [0.15, 0.2) is 0 Å². The molecule has 3 aromatic rings. The summed E-state index contributed by atoms with van der Waals surface area (Å²) in [6, 6.07) is 10.1. The monoisotopic (exact) mass is 405 g/mol. The molecule has 0 fully saturated rings. The highest BCUT2D eigenvalue weighted by Crippen LogP contribution is 2.22. The van der Waals surface area contributed by atoms with Gasteiger partial charge in [-0.2, -0.15) is 5.10 Å². The summed E-state index contributed by atoms with van der Waals surface area (Å²) in [4.78, 5) is 20.2. The molecule has 2 N–H and O–H groups in total. The van der Waals surface area contributed by atoms with E-state index in [1.807, 2.05) is 29.1 Å². The van der Waals surface area contributed by atoms with E-state index in [1.54, 1.807) is 12.4 Å². The smallest absolute Gasteiger partial charge is 0.304 e. The van der Waals surface area contributed by atoms with Crippen LogP contribution in [0.15, 0.2) is 48.9 Å². The molecule has 1 aliphatic rings. The van der Waals surface area contributed by atoms with Gasteiger partial charge in [0.2, 0.25) is 0 Å². The number of carboxylic acids is 1. The molecule has 0 radical (unpaired) electrons. The van der Waals surface area contributed by atoms with Gasteiger partial charge in [-0.15, -0.1) is 0 Å². The van der Waals surface area contributed by atoms with Crippen molar-refractivity contribution < 1.29 is 9.90 Å². The van der Waals surface area contributed by atoms with Crippen molar-refractivity contribution in [3.8, 4) is 0 Å². The molecule has 0 aliphatic carbocycles. The molecule has 0 saturated carbocycles. The summed E-state index contributed by atoms with van der Waals surface area (Å²) < 4.78 is 1.84. The summed E-state index contributed by atoms with van der Waals surface area (Å²) in [6.45, 7) is 1.53. The molecule has 7 nitrogen and oxygen atoms in total. The molecule has 3 aromatic heterocycles. The molecule has 7 heteroatoms. The lowest BCUT2D eigenvalue weighted by Gasteiger charge is -2.17. The van der Waals surface area contributed by atoms with E-state index >= 15 is 0 Å². The predicted octanol–water partition coefficient (Wildman–Crippen LogP) is 3.47. The maximum Gasteiger partial charge on any atom is 0.304 e. The molecule has 0 aromatic carbocycles. The molecule has 1 aliphatic heterocycles. The first-order chi connectivity index (χ1) is 14.7. The number of aromatic nitrogens is 4. The number of pyridine rings is 2.